The summed E-state index contributed by atoms with van der Waals surface area (Å²) in [6, 6.07) is 10.2. The van der Waals surface area contributed by atoms with Gasteiger partial charge in [0.15, 0.2) is 0 Å². The SMILES string of the molecule is CC(C)(C)OC(=O)N1C[C@@H](CO)c2c1cc(OCc1ccccc1)c1[nH]c(C(F)(F)F)c(C(=O)O)c21. The van der Waals surface area contributed by atoms with E-state index in [1.807, 2.05) is 0 Å². The fourth-order valence-electron chi connectivity index (χ4n) is 4.32. The highest BCUT2D eigenvalue weighted by atomic mass is 19.4. The highest BCUT2D eigenvalue weighted by Gasteiger charge is 2.44. The van der Waals surface area contributed by atoms with Gasteiger partial charge in [0, 0.05) is 23.9 Å². The largest absolute Gasteiger partial charge is 0.487 e. The molecular formula is C25H25F3N2O6. The molecule has 2 aromatic carbocycles. The lowest BCUT2D eigenvalue weighted by Gasteiger charge is -2.25. The Balaban J connectivity index is 1.97. The summed E-state index contributed by atoms with van der Waals surface area (Å²) >= 11 is 0. The lowest BCUT2D eigenvalue weighted by molar-refractivity contribution is -0.141. The zero-order valence-electron chi connectivity index (χ0n) is 19.8. The second kappa shape index (κ2) is 9.05. The molecule has 1 aliphatic heterocycles. The maximum atomic E-state index is 13.9. The van der Waals surface area contributed by atoms with Crippen molar-refractivity contribution < 1.29 is 42.4 Å². The molecule has 0 spiro atoms. The van der Waals surface area contributed by atoms with Crippen LogP contribution in [0.1, 0.15) is 53.9 Å². The summed E-state index contributed by atoms with van der Waals surface area (Å²) in [6.07, 6.45) is -5.79. The maximum absolute atomic E-state index is 13.9. The van der Waals surface area contributed by atoms with E-state index >= 15 is 0 Å². The molecule has 3 N–H and O–H groups in total. The highest BCUT2D eigenvalue weighted by Crippen LogP contribution is 2.49. The quantitative estimate of drug-likeness (QED) is 0.433. The molecule has 0 aliphatic carbocycles. The van der Waals surface area contributed by atoms with Gasteiger partial charge in [0.25, 0.3) is 0 Å². The molecule has 2 heterocycles. The van der Waals surface area contributed by atoms with Crippen molar-refractivity contribution in [3.8, 4) is 5.75 Å². The van der Waals surface area contributed by atoms with Crippen LogP contribution in [-0.4, -0.2) is 46.0 Å². The summed E-state index contributed by atoms with van der Waals surface area (Å²) < 4.78 is 53.0. The van der Waals surface area contributed by atoms with Gasteiger partial charge in [0.05, 0.1) is 23.4 Å². The lowest BCUT2D eigenvalue weighted by Crippen LogP contribution is -2.36. The van der Waals surface area contributed by atoms with Crippen molar-refractivity contribution in [2.45, 2.75) is 45.1 Å². The summed E-state index contributed by atoms with van der Waals surface area (Å²) in [7, 11) is 0. The van der Waals surface area contributed by atoms with Gasteiger partial charge in [-0.1, -0.05) is 30.3 Å². The second-order valence-corrected chi connectivity index (χ2v) is 9.48. The zero-order chi connectivity index (χ0) is 26.4. The van der Waals surface area contributed by atoms with E-state index in [2.05, 4.69) is 4.98 Å². The molecule has 1 aromatic heterocycles. The van der Waals surface area contributed by atoms with Crippen LogP contribution in [0.5, 0.6) is 5.75 Å². The Morgan fingerprint density at radius 1 is 1.17 bits per heavy atom. The first-order chi connectivity index (χ1) is 16.8. The van der Waals surface area contributed by atoms with E-state index in [0.29, 0.717) is 0 Å². The number of aromatic nitrogens is 1. The molecule has 8 nitrogen and oxygen atoms in total. The van der Waals surface area contributed by atoms with Crippen LogP contribution in [0, 0.1) is 0 Å². The van der Waals surface area contributed by atoms with Crippen LogP contribution in [0.3, 0.4) is 0 Å². The van der Waals surface area contributed by atoms with Gasteiger partial charge in [0.2, 0.25) is 0 Å². The van der Waals surface area contributed by atoms with E-state index < -0.39 is 47.6 Å². The number of aromatic amines is 1. The average Bonchev–Trinajstić information content (AvgIpc) is 3.36. The first kappa shape index (κ1) is 25.4. The molecule has 11 heteroatoms. The standard InChI is InChI=1S/C25H25F3N2O6/c1-24(2,3)36-23(34)30-10-14(11-31)17-15(30)9-16(35-12-13-7-5-4-6-8-13)20-18(17)19(22(32)33)21(29-20)25(26,27)28/h4-9,14,29,31H,10-12H2,1-3H3,(H,32,33)/t14-/m0/s1. The molecule has 1 amide bonds. The Hall–Kier alpha value is -3.73. The summed E-state index contributed by atoms with van der Waals surface area (Å²) in [5.41, 5.74) is -2.54. The number of hydrogen-bond donors (Lipinski definition) is 3. The first-order valence-corrected chi connectivity index (χ1v) is 11.1. The van der Waals surface area contributed by atoms with E-state index in [1.54, 1.807) is 51.1 Å². The number of anilines is 1. The number of nitrogens with one attached hydrogen (secondary N) is 1. The van der Waals surface area contributed by atoms with Crippen molar-refractivity contribution in [1.82, 2.24) is 4.98 Å². The molecule has 0 saturated heterocycles. The van der Waals surface area contributed by atoms with E-state index in [1.165, 1.54) is 11.0 Å². The number of rotatable bonds is 5. The van der Waals surface area contributed by atoms with Crippen LogP contribution >= 0.6 is 0 Å². The molecule has 0 bridgehead atoms. The minimum absolute atomic E-state index is 0.0205. The number of fused-ring (bicyclic) bond motifs is 3. The number of aliphatic hydroxyl groups is 1. The third-order valence-corrected chi connectivity index (χ3v) is 5.73. The van der Waals surface area contributed by atoms with Gasteiger partial charge in [-0.25, -0.2) is 9.59 Å². The number of aromatic carboxylic acids is 1. The molecular weight excluding hydrogens is 481 g/mol. The molecule has 36 heavy (non-hydrogen) atoms. The molecule has 0 saturated carbocycles. The summed E-state index contributed by atoms with van der Waals surface area (Å²) in [4.78, 5) is 28.5. The van der Waals surface area contributed by atoms with Crippen molar-refractivity contribution in [2.24, 2.45) is 0 Å². The predicted octanol–water partition coefficient (Wildman–Crippen LogP) is 5.29. The number of carboxylic acid groups (broad SMARTS) is 1. The predicted molar refractivity (Wildman–Crippen MR) is 124 cm³/mol. The van der Waals surface area contributed by atoms with Gasteiger partial charge in [-0.3, -0.25) is 4.90 Å². The van der Waals surface area contributed by atoms with Gasteiger partial charge < -0.3 is 24.7 Å². The van der Waals surface area contributed by atoms with E-state index in [9.17, 15) is 33.0 Å². The van der Waals surface area contributed by atoms with Gasteiger partial charge in [-0.2, -0.15) is 13.2 Å². The molecule has 0 unspecified atom stereocenters. The summed E-state index contributed by atoms with van der Waals surface area (Å²) in [5, 5.41) is 19.6. The van der Waals surface area contributed by atoms with Crippen LogP contribution in [0.15, 0.2) is 36.4 Å². The summed E-state index contributed by atoms with van der Waals surface area (Å²) in [5.74, 6) is -2.71. The zero-order valence-corrected chi connectivity index (χ0v) is 19.8. The van der Waals surface area contributed by atoms with Gasteiger partial charge in [0.1, 0.15) is 23.7 Å². The van der Waals surface area contributed by atoms with Crippen LogP contribution in [-0.2, 0) is 17.5 Å². The number of H-pyrrole nitrogens is 1. The molecule has 0 fully saturated rings. The number of hydrogen-bond acceptors (Lipinski definition) is 5. The van der Waals surface area contributed by atoms with E-state index in [0.717, 1.165) is 5.56 Å². The number of alkyl halides is 3. The Morgan fingerprint density at radius 3 is 2.39 bits per heavy atom. The molecule has 0 radical (unpaired) electrons. The van der Waals surface area contributed by atoms with Crippen LogP contribution in [0.2, 0.25) is 0 Å². The smallest absolute Gasteiger partial charge is 0.432 e. The first-order valence-electron chi connectivity index (χ1n) is 11.1. The average molecular weight is 506 g/mol. The Bertz CT molecular complexity index is 1310. The number of halogens is 3. The van der Waals surface area contributed by atoms with Gasteiger partial charge in [-0.15, -0.1) is 0 Å². The Labute approximate surface area is 204 Å². The lowest BCUT2D eigenvalue weighted by atomic mass is 9.95. The number of benzene rings is 2. The summed E-state index contributed by atoms with van der Waals surface area (Å²) in [6.45, 7) is 4.32. The third kappa shape index (κ3) is 4.70. The number of nitrogens with zero attached hydrogens (tertiary/aromatic N) is 1. The van der Waals surface area contributed by atoms with Gasteiger partial charge in [-0.05, 0) is 31.9 Å². The van der Waals surface area contributed by atoms with Crippen molar-refractivity contribution >= 4 is 28.7 Å². The van der Waals surface area contributed by atoms with E-state index in [-0.39, 0.29) is 41.1 Å². The Morgan fingerprint density at radius 2 is 1.83 bits per heavy atom. The maximum Gasteiger partial charge on any atom is 0.432 e. The van der Waals surface area contributed by atoms with Crippen molar-refractivity contribution in [1.29, 1.82) is 0 Å². The Kier molecular flexibility index (Phi) is 6.38. The monoisotopic (exact) mass is 506 g/mol. The molecule has 4 rings (SSSR count). The van der Waals surface area contributed by atoms with Crippen molar-refractivity contribution in [2.75, 3.05) is 18.1 Å². The fraction of sp³-hybridized carbons (Fsp3) is 0.360. The van der Waals surface area contributed by atoms with Crippen LogP contribution in [0.25, 0.3) is 10.9 Å². The third-order valence-electron chi connectivity index (χ3n) is 5.73. The van der Waals surface area contributed by atoms with Crippen LogP contribution in [0.4, 0.5) is 23.7 Å². The number of amides is 1. The molecule has 1 aliphatic rings. The van der Waals surface area contributed by atoms with Gasteiger partial charge >= 0.3 is 18.2 Å². The number of ether oxygens (including phenoxy) is 2. The molecule has 192 valence electrons. The van der Waals surface area contributed by atoms with Crippen molar-refractivity contribution in [3.05, 3.63) is 58.8 Å². The number of aliphatic hydroxyl groups excluding tert-OH is 1. The minimum atomic E-state index is -5.01. The topological polar surface area (TPSA) is 112 Å². The number of carboxylic acids is 1. The normalized spacial score (nSPS) is 15.8. The molecule has 3 aromatic rings. The van der Waals surface area contributed by atoms with Crippen molar-refractivity contribution in [3.63, 3.8) is 0 Å². The second-order valence-electron chi connectivity index (χ2n) is 9.48. The number of carbonyl (C=O) groups is 2. The minimum Gasteiger partial charge on any atom is -0.487 e. The highest BCUT2D eigenvalue weighted by molar-refractivity contribution is 6.11. The molecule has 1 atom stereocenters. The van der Waals surface area contributed by atoms with Crippen LogP contribution < -0.4 is 9.64 Å². The fourth-order valence-corrected chi connectivity index (χ4v) is 4.32. The number of carbonyl (C=O) groups excluding carboxylic acids is 1. The van der Waals surface area contributed by atoms with E-state index in [4.69, 9.17) is 9.47 Å².